The first-order valence-corrected chi connectivity index (χ1v) is 8.50. The van der Waals surface area contributed by atoms with Crippen LogP contribution >= 0.6 is 0 Å². The largest absolute Gasteiger partial charge is 0.368 e. The van der Waals surface area contributed by atoms with Crippen LogP contribution < -0.4 is 16.0 Å². The van der Waals surface area contributed by atoms with Crippen LogP contribution in [0.4, 0.5) is 5.69 Å². The van der Waals surface area contributed by atoms with Crippen LogP contribution in [0.1, 0.15) is 35.6 Å². The van der Waals surface area contributed by atoms with Crippen LogP contribution in [0, 0.1) is 11.3 Å². The Morgan fingerprint density at radius 1 is 1.19 bits per heavy atom. The maximum atomic E-state index is 11.8. The Bertz CT molecular complexity index is 838. The first-order chi connectivity index (χ1) is 12.6. The lowest BCUT2D eigenvalue weighted by molar-refractivity contribution is -0.120. The van der Waals surface area contributed by atoms with E-state index in [0.717, 1.165) is 29.8 Å². The minimum atomic E-state index is -0.637. The second-order valence-corrected chi connectivity index (χ2v) is 6.27. The van der Waals surface area contributed by atoms with Gasteiger partial charge in [-0.05, 0) is 41.8 Å². The number of carbonyl (C=O) groups excluding carboxylic acids is 2. The lowest BCUT2D eigenvalue weighted by Gasteiger charge is -2.18. The molecule has 2 amide bonds. The molecule has 1 unspecified atom stereocenters. The standard InChI is InChI=1S/C20H20N4O2/c21-12-14-3-7-16(8-4-14)19(20(22)26)23-13-15-5-9-17(10-6-15)24-11-1-2-18(24)25/h3-10,19,23H,1-2,11,13H2,(H2,22,26). The molecule has 1 aliphatic heterocycles. The maximum absolute atomic E-state index is 11.8. The Kier molecular flexibility index (Phi) is 5.30. The second-order valence-electron chi connectivity index (χ2n) is 6.27. The van der Waals surface area contributed by atoms with Gasteiger partial charge in [0.1, 0.15) is 6.04 Å². The summed E-state index contributed by atoms with van der Waals surface area (Å²) < 4.78 is 0. The van der Waals surface area contributed by atoms with Crippen molar-refractivity contribution in [2.45, 2.75) is 25.4 Å². The number of nitrogens with one attached hydrogen (secondary N) is 1. The van der Waals surface area contributed by atoms with Gasteiger partial charge in [-0.25, -0.2) is 0 Å². The Hall–Kier alpha value is -3.17. The zero-order valence-corrected chi connectivity index (χ0v) is 14.3. The summed E-state index contributed by atoms with van der Waals surface area (Å²) in [5, 5.41) is 12.0. The molecular weight excluding hydrogens is 328 g/mol. The van der Waals surface area contributed by atoms with Crippen LogP contribution in [0.2, 0.25) is 0 Å². The number of carbonyl (C=O) groups is 2. The summed E-state index contributed by atoms with van der Waals surface area (Å²) in [6.45, 7) is 1.22. The number of nitrogens with two attached hydrogens (primary N) is 1. The highest BCUT2D eigenvalue weighted by atomic mass is 16.2. The van der Waals surface area contributed by atoms with Crippen molar-refractivity contribution in [1.29, 1.82) is 5.26 Å². The van der Waals surface area contributed by atoms with E-state index in [4.69, 9.17) is 11.0 Å². The Labute approximate surface area is 152 Å². The summed E-state index contributed by atoms with van der Waals surface area (Å²) in [4.78, 5) is 25.4. The molecule has 0 saturated carbocycles. The number of benzene rings is 2. The molecule has 2 aromatic carbocycles. The van der Waals surface area contributed by atoms with Crippen molar-refractivity contribution < 1.29 is 9.59 Å². The molecule has 1 atom stereocenters. The van der Waals surface area contributed by atoms with Crippen LogP contribution in [-0.4, -0.2) is 18.4 Å². The highest BCUT2D eigenvalue weighted by Crippen LogP contribution is 2.22. The van der Waals surface area contributed by atoms with E-state index in [-0.39, 0.29) is 5.91 Å². The minimum absolute atomic E-state index is 0.158. The molecule has 3 rings (SSSR count). The monoisotopic (exact) mass is 348 g/mol. The van der Waals surface area contributed by atoms with Gasteiger partial charge in [0.25, 0.3) is 0 Å². The van der Waals surface area contributed by atoms with E-state index >= 15 is 0 Å². The molecule has 0 aliphatic carbocycles. The number of anilines is 1. The van der Waals surface area contributed by atoms with Crippen LogP contribution in [0.15, 0.2) is 48.5 Å². The number of primary amides is 1. The first kappa shape index (κ1) is 17.6. The summed E-state index contributed by atoms with van der Waals surface area (Å²) in [5.74, 6) is -0.320. The fourth-order valence-electron chi connectivity index (χ4n) is 3.07. The van der Waals surface area contributed by atoms with E-state index in [9.17, 15) is 9.59 Å². The van der Waals surface area contributed by atoms with E-state index in [1.54, 1.807) is 29.2 Å². The lowest BCUT2D eigenvalue weighted by atomic mass is 10.0. The highest BCUT2D eigenvalue weighted by Gasteiger charge is 2.21. The molecule has 6 nitrogen and oxygen atoms in total. The van der Waals surface area contributed by atoms with Crippen molar-refractivity contribution in [2.75, 3.05) is 11.4 Å². The Morgan fingerprint density at radius 2 is 1.88 bits per heavy atom. The SMILES string of the molecule is N#Cc1ccc(C(NCc2ccc(N3CCCC3=O)cc2)C(N)=O)cc1. The molecular formula is C20H20N4O2. The first-order valence-electron chi connectivity index (χ1n) is 8.50. The fourth-order valence-corrected chi connectivity index (χ4v) is 3.07. The van der Waals surface area contributed by atoms with Gasteiger partial charge in [0.05, 0.1) is 11.6 Å². The van der Waals surface area contributed by atoms with Crippen molar-refractivity contribution in [3.8, 4) is 6.07 Å². The normalized spacial score (nSPS) is 14.9. The zero-order chi connectivity index (χ0) is 18.5. The molecule has 0 radical (unpaired) electrons. The molecule has 132 valence electrons. The van der Waals surface area contributed by atoms with Gasteiger partial charge in [0.2, 0.25) is 11.8 Å². The summed E-state index contributed by atoms with van der Waals surface area (Å²) in [6.07, 6.45) is 1.50. The van der Waals surface area contributed by atoms with Crippen LogP contribution in [0.25, 0.3) is 0 Å². The van der Waals surface area contributed by atoms with Crippen molar-refractivity contribution in [3.63, 3.8) is 0 Å². The molecule has 1 fully saturated rings. The molecule has 0 bridgehead atoms. The third kappa shape index (κ3) is 3.90. The van der Waals surface area contributed by atoms with Gasteiger partial charge >= 0.3 is 0 Å². The second kappa shape index (κ2) is 7.81. The molecule has 2 aromatic rings. The molecule has 0 aromatic heterocycles. The summed E-state index contributed by atoms with van der Waals surface area (Å²) in [5.41, 5.74) is 8.65. The third-order valence-electron chi connectivity index (χ3n) is 4.49. The molecule has 0 spiro atoms. The minimum Gasteiger partial charge on any atom is -0.368 e. The van der Waals surface area contributed by atoms with E-state index in [1.807, 2.05) is 30.3 Å². The van der Waals surface area contributed by atoms with Gasteiger partial charge in [-0.1, -0.05) is 24.3 Å². The number of nitrogens with zero attached hydrogens (tertiary/aromatic N) is 2. The van der Waals surface area contributed by atoms with Crippen LogP contribution in [0.3, 0.4) is 0 Å². The summed E-state index contributed by atoms with van der Waals surface area (Å²) in [7, 11) is 0. The van der Waals surface area contributed by atoms with E-state index < -0.39 is 11.9 Å². The number of nitriles is 1. The van der Waals surface area contributed by atoms with E-state index in [0.29, 0.717) is 18.5 Å². The van der Waals surface area contributed by atoms with Crippen molar-refractivity contribution in [2.24, 2.45) is 5.73 Å². The number of hydrogen-bond donors (Lipinski definition) is 2. The van der Waals surface area contributed by atoms with Crippen molar-refractivity contribution in [1.82, 2.24) is 5.32 Å². The number of rotatable bonds is 6. The topological polar surface area (TPSA) is 99.2 Å². The number of hydrogen-bond acceptors (Lipinski definition) is 4. The van der Waals surface area contributed by atoms with Gasteiger partial charge in [-0.2, -0.15) is 5.26 Å². The van der Waals surface area contributed by atoms with Gasteiger partial charge in [0.15, 0.2) is 0 Å². The van der Waals surface area contributed by atoms with Gasteiger partial charge in [0, 0.05) is 25.2 Å². The smallest absolute Gasteiger partial charge is 0.239 e. The predicted octanol–water partition coefficient (Wildman–Crippen LogP) is 2.00. The maximum Gasteiger partial charge on any atom is 0.239 e. The van der Waals surface area contributed by atoms with Crippen molar-refractivity contribution >= 4 is 17.5 Å². The van der Waals surface area contributed by atoms with E-state index in [1.165, 1.54) is 0 Å². The van der Waals surface area contributed by atoms with Crippen LogP contribution in [-0.2, 0) is 16.1 Å². The summed E-state index contributed by atoms with van der Waals surface area (Å²) >= 11 is 0. The quantitative estimate of drug-likeness (QED) is 0.834. The average Bonchev–Trinajstić information content (AvgIpc) is 3.08. The lowest BCUT2D eigenvalue weighted by Crippen LogP contribution is -2.33. The average molecular weight is 348 g/mol. The van der Waals surface area contributed by atoms with Gasteiger partial charge in [-0.15, -0.1) is 0 Å². The highest BCUT2D eigenvalue weighted by molar-refractivity contribution is 5.95. The van der Waals surface area contributed by atoms with Gasteiger partial charge in [-0.3, -0.25) is 14.9 Å². The predicted molar refractivity (Wildman–Crippen MR) is 98.0 cm³/mol. The summed E-state index contributed by atoms with van der Waals surface area (Å²) in [6, 6.07) is 15.9. The van der Waals surface area contributed by atoms with E-state index in [2.05, 4.69) is 5.32 Å². The van der Waals surface area contributed by atoms with Crippen molar-refractivity contribution in [3.05, 3.63) is 65.2 Å². The molecule has 1 saturated heterocycles. The Morgan fingerprint density at radius 3 is 2.42 bits per heavy atom. The molecule has 1 heterocycles. The van der Waals surface area contributed by atoms with Crippen LogP contribution in [0.5, 0.6) is 0 Å². The molecule has 6 heteroatoms. The molecule has 26 heavy (non-hydrogen) atoms. The molecule has 3 N–H and O–H groups in total. The third-order valence-corrected chi connectivity index (χ3v) is 4.49. The zero-order valence-electron chi connectivity index (χ0n) is 14.3. The van der Waals surface area contributed by atoms with Gasteiger partial charge < -0.3 is 10.6 Å². The fraction of sp³-hybridized carbons (Fsp3) is 0.250. The molecule has 1 aliphatic rings. The number of amides is 2. The Balaban J connectivity index is 1.66.